The summed E-state index contributed by atoms with van der Waals surface area (Å²) in [5, 5.41) is 6.09. The van der Waals surface area contributed by atoms with Gasteiger partial charge in [-0.05, 0) is 85.5 Å². The number of rotatable bonds is 5. The van der Waals surface area contributed by atoms with E-state index in [0.29, 0.717) is 33.3 Å². The summed E-state index contributed by atoms with van der Waals surface area (Å²) in [7, 11) is 0. The standard InChI is InChI=1S/C26H23ClN2O4/c1-15-4-7-19(10-17(15)3)25(30)29-22(11-18-6-9-23-24(12-18)33-14-32-23)26(31)28-21-13-20(27)8-5-16(21)2/h4-13H,14H2,1-3H3,(H,28,31)(H,29,30). The van der Waals surface area contributed by atoms with Crippen molar-refractivity contribution in [3.8, 4) is 11.5 Å². The molecule has 0 fully saturated rings. The van der Waals surface area contributed by atoms with E-state index in [0.717, 1.165) is 16.7 Å². The van der Waals surface area contributed by atoms with Crippen molar-refractivity contribution in [2.24, 2.45) is 0 Å². The Morgan fingerprint density at radius 1 is 0.879 bits per heavy atom. The second-order valence-corrected chi connectivity index (χ2v) is 8.27. The van der Waals surface area contributed by atoms with Crippen molar-refractivity contribution in [2.75, 3.05) is 12.1 Å². The minimum absolute atomic E-state index is 0.0801. The highest BCUT2D eigenvalue weighted by molar-refractivity contribution is 6.31. The number of halogens is 1. The number of carbonyl (C=O) groups excluding carboxylic acids is 2. The van der Waals surface area contributed by atoms with Gasteiger partial charge in [0.2, 0.25) is 6.79 Å². The van der Waals surface area contributed by atoms with Crippen LogP contribution in [0.4, 0.5) is 5.69 Å². The Hall–Kier alpha value is -3.77. The molecule has 0 saturated carbocycles. The molecule has 0 spiro atoms. The van der Waals surface area contributed by atoms with Gasteiger partial charge in [0.05, 0.1) is 0 Å². The van der Waals surface area contributed by atoms with Crippen molar-refractivity contribution in [1.82, 2.24) is 5.32 Å². The van der Waals surface area contributed by atoms with E-state index < -0.39 is 5.91 Å². The number of nitrogens with one attached hydrogen (secondary N) is 2. The van der Waals surface area contributed by atoms with Crippen LogP contribution in [0, 0.1) is 20.8 Å². The lowest BCUT2D eigenvalue weighted by Gasteiger charge is -2.14. The van der Waals surface area contributed by atoms with Crippen LogP contribution in [0.25, 0.3) is 6.08 Å². The normalized spacial score (nSPS) is 12.4. The largest absolute Gasteiger partial charge is 0.454 e. The molecule has 0 aromatic heterocycles. The van der Waals surface area contributed by atoms with Crippen LogP contribution in [0.5, 0.6) is 11.5 Å². The Morgan fingerprint density at radius 2 is 1.64 bits per heavy atom. The van der Waals surface area contributed by atoms with E-state index in [9.17, 15) is 9.59 Å². The third-order valence-electron chi connectivity index (χ3n) is 5.42. The molecule has 2 amide bonds. The smallest absolute Gasteiger partial charge is 0.272 e. The minimum atomic E-state index is -0.477. The van der Waals surface area contributed by atoms with E-state index in [1.165, 1.54) is 0 Å². The highest BCUT2D eigenvalue weighted by Gasteiger charge is 2.18. The van der Waals surface area contributed by atoms with Crippen LogP contribution in [-0.4, -0.2) is 18.6 Å². The summed E-state index contributed by atoms with van der Waals surface area (Å²) in [5.41, 5.74) is 4.69. The summed E-state index contributed by atoms with van der Waals surface area (Å²) < 4.78 is 10.8. The van der Waals surface area contributed by atoms with E-state index in [-0.39, 0.29) is 18.4 Å². The third-order valence-corrected chi connectivity index (χ3v) is 5.65. The molecule has 1 aliphatic heterocycles. The number of fused-ring (bicyclic) bond motifs is 1. The van der Waals surface area contributed by atoms with Crippen LogP contribution in [0.1, 0.15) is 32.6 Å². The number of hydrogen-bond donors (Lipinski definition) is 2. The molecule has 6 nitrogen and oxygen atoms in total. The first-order chi connectivity index (χ1) is 15.8. The summed E-state index contributed by atoms with van der Waals surface area (Å²) in [5.74, 6) is 0.347. The van der Waals surface area contributed by atoms with Crippen molar-refractivity contribution in [3.05, 3.63) is 93.1 Å². The van der Waals surface area contributed by atoms with Gasteiger partial charge in [0, 0.05) is 16.3 Å². The van der Waals surface area contributed by atoms with E-state index in [1.54, 1.807) is 48.5 Å². The lowest BCUT2D eigenvalue weighted by molar-refractivity contribution is -0.113. The topological polar surface area (TPSA) is 76.7 Å². The van der Waals surface area contributed by atoms with Gasteiger partial charge in [-0.1, -0.05) is 29.8 Å². The number of hydrogen-bond acceptors (Lipinski definition) is 4. The molecular formula is C26H23ClN2O4. The van der Waals surface area contributed by atoms with Gasteiger partial charge in [0.15, 0.2) is 11.5 Å². The zero-order chi connectivity index (χ0) is 23.5. The van der Waals surface area contributed by atoms with Gasteiger partial charge in [0.25, 0.3) is 11.8 Å². The molecule has 7 heteroatoms. The van der Waals surface area contributed by atoms with Gasteiger partial charge in [-0.2, -0.15) is 0 Å². The van der Waals surface area contributed by atoms with Crippen molar-refractivity contribution in [1.29, 1.82) is 0 Å². The van der Waals surface area contributed by atoms with Crippen molar-refractivity contribution < 1.29 is 19.1 Å². The molecule has 0 bridgehead atoms. The monoisotopic (exact) mass is 462 g/mol. The summed E-state index contributed by atoms with van der Waals surface area (Å²) in [4.78, 5) is 26.2. The van der Waals surface area contributed by atoms with E-state index in [2.05, 4.69) is 10.6 Å². The highest BCUT2D eigenvalue weighted by atomic mass is 35.5. The molecule has 168 valence electrons. The van der Waals surface area contributed by atoms with Gasteiger partial charge in [-0.25, -0.2) is 0 Å². The second kappa shape index (κ2) is 9.38. The van der Waals surface area contributed by atoms with Crippen LogP contribution >= 0.6 is 11.6 Å². The molecular weight excluding hydrogens is 440 g/mol. The number of ether oxygens (including phenoxy) is 2. The van der Waals surface area contributed by atoms with E-state index in [4.69, 9.17) is 21.1 Å². The number of aryl methyl sites for hydroxylation is 3. The van der Waals surface area contributed by atoms with Gasteiger partial charge >= 0.3 is 0 Å². The van der Waals surface area contributed by atoms with Crippen molar-refractivity contribution >= 4 is 35.2 Å². The van der Waals surface area contributed by atoms with Crippen LogP contribution < -0.4 is 20.1 Å². The summed E-state index contributed by atoms with van der Waals surface area (Å²) in [6, 6.07) is 15.9. The van der Waals surface area contributed by atoms with Crippen LogP contribution in [0.3, 0.4) is 0 Å². The van der Waals surface area contributed by atoms with Crippen molar-refractivity contribution in [3.63, 3.8) is 0 Å². The Labute approximate surface area is 197 Å². The number of carbonyl (C=O) groups is 2. The molecule has 1 heterocycles. The first-order valence-electron chi connectivity index (χ1n) is 10.4. The summed E-state index contributed by atoms with van der Waals surface area (Å²) in [6.45, 7) is 5.92. The quantitative estimate of drug-likeness (QED) is 0.497. The minimum Gasteiger partial charge on any atom is -0.454 e. The fraction of sp³-hybridized carbons (Fsp3) is 0.154. The fourth-order valence-corrected chi connectivity index (χ4v) is 3.50. The lowest BCUT2D eigenvalue weighted by Crippen LogP contribution is -2.31. The number of anilines is 1. The zero-order valence-electron chi connectivity index (χ0n) is 18.5. The molecule has 3 aromatic carbocycles. The molecule has 2 N–H and O–H groups in total. The molecule has 0 aliphatic carbocycles. The maximum Gasteiger partial charge on any atom is 0.272 e. The molecule has 0 atom stereocenters. The second-order valence-electron chi connectivity index (χ2n) is 7.84. The fourth-order valence-electron chi connectivity index (χ4n) is 3.32. The molecule has 1 aliphatic rings. The van der Waals surface area contributed by atoms with E-state index in [1.807, 2.05) is 32.9 Å². The molecule has 3 aromatic rings. The third kappa shape index (κ3) is 5.18. The lowest BCUT2D eigenvalue weighted by atomic mass is 10.1. The predicted molar refractivity (Wildman–Crippen MR) is 129 cm³/mol. The maximum atomic E-state index is 13.2. The molecule has 4 rings (SSSR count). The summed E-state index contributed by atoms with van der Waals surface area (Å²) >= 11 is 6.09. The van der Waals surface area contributed by atoms with Crippen LogP contribution in [-0.2, 0) is 4.79 Å². The maximum absolute atomic E-state index is 13.2. The Balaban J connectivity index is 1.66. The number of benzene rings is 3. The van der Waals surface area contributed by atoms with Gasteiger partial charge < -0.3 is 20.1 Å². The first kappa shape index (κ1) is 22.4. The summed E-state index contributed by atoms with van der Waals surface area (Å²) in [6.07, 6.45) is 1.59. The van der Waals surface area contributed by atoms with Gasteiger partial charge in [-0.15, -0.1) is 0 Å². The number of amides is 2. The Kier molecular flexibility index (Phi) is 6.38. The highest BCUT2D eigenvalue weighted by Crippen LogP contribution is 2.33. The van der Waals surface area contributed by atoms with Gasteiger partial charge in [-0.3, -0.25) is 9.59 Å². The van der Waals surface area contributed by atoms with E-state index >= 15 is 0 Å². The van der Waals surface area contributed by atoms with Crippen LogP contribution in [0.15, 0.2) is 60.3 Å². The molecule has 0 saturated heterocycles. The average Bonchev–Trinajstić information content (AvgIpc) is 3.25. The Bertz CT molecular complexity index is 1280. The van der Waals surface area contributed by atoms with Crippen LogP contribution in [0.2, 0.25) is 5.02 Å². The predicted octanol–water partition coefficient (Wildman–Crippen LogP) is 5.40. The van der Waals surface area contributed by atoms with Gasteiger partial charge in [0.1, 0.15) is 5.70 Å². The van der Waals surface area contributed by atoms with Crippen molar-refractivity contribution in [2.45, 2.75) is 20.8 Å². The molecule has 0 radical (unpaired) electrons. The molecule has 33 heavy (non-hydrogen) atoms. The SMILES string of the molecule is Cc1ccc(C(=O)NC(=Cc2ccc3c(c2)OCO3)C(=O)Nc2cc(Cl)ccc2C)cc1C. The first-order valence-corrected chi connectivity index (χ1v) is 10.8. The zero-order valence-corrected chi connectivity index (χ0v) is 19.2. The molecule has 0 unspecified atom stereocenters. The Morgan fingerprint density at radius 3 is 2.42 bits per heavy atom. The average molecular weight is 463 g/mol.